The summed E-state index contributed by atoms with van der Waals surface area (Å²) in [5.74, 6) is 2.01. The molecule has 0 radical (unpaired) electrons. The topological polar surface area (TPSA) is 3.24 Å². The van der Waals surface area contributed by atoms with Crippen LogP contribution in [0.2, 0.25) is 0 Å². The lowest BCUT2D eigenvalue weighted by atomic mass is 9.74. The van der Waals surface area contributed by atoms with E-state index in [9.17, 15) is 0 Å². The van der Waals surface area contributed by atoms with E-state index >= 15 is 0 Å². The number of hydrogen-bond donors (Lipinski definition) is 0. The number of fused-ring (bicyclic) bond motifs is 5. The second kappa shape index (κ2) is 8.06. The predicted molar refractivity (Wildman–Crippen MR) is 144 cm³/mol. The molecule has 0 amide bonds. The third-order valence-electron chi connectivity index (χ3n) is 8.27. The Bertz CT molecular complexity index is 1230. The standard InChI is InChI=1S/C30H28BrNS/c31-20-7-5-8-21(18-20)32-27-13-3-1-9-23(27)26-17-19(15-16-28(26)32)22-11-6-12-25-24-10-2-4-14-29(24)33-30(22)25/h1-5,7-10,14-16,18-19,24-25,27,29H,6,11-13,17H2. The summed E-state index contributed by atoms with van der Waals surface area (Å²) in [6, 6.07) is 9.22. The Balaban J connectivity index is 1.26. The zero-order chi connectivity index (χ0) is 21.9. The lowest BCUT2D eigenvalue weighted by Gasteiger charge is -2.31. The van der Waals surface area contributed by atoms with Gasteiger partial charge in [-0.25, -0.2) is 0 Å². The van der Waals surface area contributed by atoms with Crippen molar-refractivity contribution in [2.24, 2.45) is 17.8 Å². The molecular formula is C30H28BrNS. The normalized spacial score (nSPS) is 33.8. The van der Waals surface area contributed by atoms with Crippen molar-refractivity contribution in [3.05, 3.63) is 111 Å². The molecule has 1 aromatic rings. The lowest BCUT2D eigenvalue weighted by Crippen LogP contribution is -2.30. The Morgan fingerprint density at radius 3 is 2.94 bits per heavy atom. The third kappa shape index (κ3) is 3.26. The zero-order valence-electron chi connectivity index (χ0n) is 18.7. The SMILES string of the molecule is Brc1cccc(N2C3=C(CC(C4=C5SC6C=CC=CC6C5CCC4)C=C3)C3=CC=CCC32)c1. The van der Waals surface area contributed by atoms with Gasteiger partial charge in [-0.15, -0.1) is 11.8 Å². The van der Waals surface area contributed by atoms with Gasteiger partial charge in [0.2, 0.25) is 0 Å². The third-order valence-corrected chi connectivity index (χ3v) is 10.3. The first-order valence-electron chi connectivity index (χ1n) is 12.4. The highest BCUT2D eigenvalue weighted by Crippen LogP contribution is 2.57. The van der Waals surface area contributed by atoms with Crippen LogP contribution in [-0.4, -0.2) is 11.3 Å². The molecule has 2 aliphatic heterocycles. The molecule has 1 saturated heterocycles. The van der Waals surface area contributed by atoms with Crippen molar-refractivity contribution in [1.82, 2.24) is 0 Å². The first-order chi connectivity index (χ1) is 16.3. The molecule has 0 spiro atoms. The second-order valence-electron chi connectivity index (χ2n) is 10.0. The van der Waals surface area contributed by atoms with Crippen LogP contribution in [0.3, 0.4) is 0 Å². The summed E-state index contributed by atoms with van der Waals surface area (Å²) in [6.07, 6.45) is 27.6. The van der Waals surface area contributed by atoms with Crippen LogP contribution < -0.4 is 4.90 Å². The van der Waals surface area contributed by atoms with Crippen molar-refractivity contribution in [2.45, 2.75) is 43.4 Å². The van der Waals surface area contributed by atoms with Gasteiger partial charge in [-0.2, -0.15) is 0 Å². The summed E-state index contributed by atoms with van der Waals surface area (Å²) >= 11 is 5.87. The number of thioether (sulfide) groups is 1. The molecule has 1 nitrogen and oxygen atoms in total. The highest BCUT2D eigenvalue weighted by atomic mass is 79.9. The van der Waals surface area contributed by atoms with Gasteiger partial charge in [0.15, 0.2) is 0 Å². The number of rotatable bonds is 2. The van der Waals surface area contributed by atoms with Gasteiger partial charge in [-0.05, 0) is 78.3 Å². The fraction of sp³-hybridized carbons (Fsp3) is 0.333. The van der Waals surface area contributed by atoms with Crippen molar-refractivity contribution >= 4 is 33.4 Å². The zero-order valence-corrected chi connectivity index (χ0v) is 21.1. The lowest BCUT2D eigenvalue weighted by molar-refractivity contribution is 0.419. The molecule has 5 atom stereocenters. The van der Waals surface area contributed by atoms with Crippen LogP contribution in [0.25, 0.3) is 0 Å². The first kappa shape index (κ1) is 20.4. The van der Waals surface area contributed by atoms with Gasteiger partial charge in [-0.3, -0.25) is 0 Å². The monoisotopic (exact) mass is 513 g/mol. The van der Waals surface area contributed by atoms with Gasteiger partial charge in [0.05, 0.1) is 6.04 Å². The van der Waals surface area contributed by atoms with E-state index in [1.165, 1.54) is 30.6 Å². The molecule has 0 aromatic heterocycles. The van der Waals surface area contributed by atoms with Crippen molar-refractivity contribution in [3.8, 4) is 0 Å². The summed E-state index contributed by atoms with van der Waals surface area (Å²) in [5.41, 5.74) is 7.57. The number of halogens is 1. The van der Waals surface area contributed by atoms with E-state index in [0.29, 0.717) is 23.1 Å². The largest absolute Gasteiger partial charge is 0.333 e. The minimum Gasteiger partial charge on any atom is -0.333 e. The smallest absolute Gasteiger partial charge is 0.0629 e. The summed E-state index contributed by atoms with van der Waals surface area (Å²) in [5, 5.41) is 0.652. The van der Waals surface area contributed by atoms with Gasteiger partial charge in [-0.1, -0.05) is 76.2 Å². The minimum absolute atomic E-state index is 0.424. The molecule has 7 rings (SSSR count). The van der Waals surface area contributed by atoms with Crippen LogP contribution in [-0.2, 0) is 0 Å². The highest BCUT2D eigenvalue weighted by Gasteiger charge is 2.44. The summed E-state index contributed by atoms with van der Waals surface area (Å²) in [7, 11) is 0. The van der Waals surface area contributed by atoms with Crippen molar-refractivity contribution < 1.29 is 0 Å². The second-order valence-corrected chi connectivity index (χ2v) is 12.1. The molecule has 0 N–H and O–H groups in total. The average Bonchev–Trinajstić information content (AvgIpc) is 3.39. The molecular weight excluding hydrogens is 486 g/mol. The van der Waals surface area contributed by atoms with Crippen molar-refractivity contribution in [3.63, 3.8) is 0 Å². The van der Waals surface area contributed by atoms with E-state index in [0.717, 1.165) is 23.2 Å². The van der Waals surface area contributed by atoms with Gasteiger partial charge in [0.1, 0.15) is 0 Å². The minimum atomic E-state index is 0.424. The van der Waals surface area contributed by atoms with Gasteiger partial charge in [0.25, 0.3) is 0 Å². The van der Waals surface area contributed by atoms with Crippen molar-refractivity contribution in [2.75, 3.05) is 4.90 Å². The number of benzene rings is 1. The van der Waals surface area contributed by atoms with Crippen LogP contribution >= 0.6 is 27.7 Å². The quantitative estimate of drug-likeness (QED) is 0.391. The Labute approximate surface area is 209 Å². The van der Waals surface area contributed by atoms with Crippen LogP contribution in [0.1, 0.15) is 32.1 Å². The molecule has 0 bridgehead atoms. The molecule has 166 valence electrons. The van der Waals surface area contributed by atoms with Crippen LogP contribution in [0.5, 0.6) is 0 Å². The molecule has 3 heteroatoms. The first-order valence-corrected chi connectivity index (χ1v) is 14.0. The number of allylic oxidation sites excluding steroid dienone is 9. The number of nitrogens with zero attached hydrogens (tertiary/aromatic N) is 1. The fourth-order valence-electron chi connectivity index (χ4n) is 6.84. The Kier molecular flexibility index (Phi) is 4.99. The van der Waals surface area contributed by atoms with Crippen LogP contribution in [0.4, 0.5) is 5.69 Å². The summed E-state index contributed by atoms with van der Waals surface area (Å²) in [4.78, 5) is 4.32. The van der Waals surface area contributed by atoms with Gasteiger partial charge in [0, 0.05) is 32.9 Å². The summed E-state index contributed by atoms with van der Waals surface area (Å²) in [6.45, 7) is 0. The Morgan fingerprint density at radius 1 is 1.06 bits per heavy atom. The van der Waals surface area contributed by atoms with E-state index in [1.54, 1.807) is 21.6 Å². The van der Waals surface area contributed by atoms with Gasteiger partial charge < -0.3 is 4.90 Å². The van der Waals surface area contributed by atoms with Gasteiger partial charge >= 0.3 is 0 Å². The van der Waals surface area contributed by atoms with E-state index in [2.05, 4.69) is 112 Å². The van der Waals surface area contributed by atoms with E-state index < -0.39 is 0 Å². The highest BCUT2D eigenvalue weighted by molar-refractivity contribution is 9.10. The molecule has 0 saturated carbocycles. The summed E-state index contributed by atoms with van der Waals surface area (Å²) < 4.78 is 1.15. The van der Waals surface area contributed by atoms with E-state index in [1.807, 2.05) is 0 Å². The molecule has 4 aliphatic carbocycles. The predicted octanol–water partition coefficient (Wildman–Crippen LogP) is 8.27. The maximum atomic E-state index is 3.69. The molecule has 5 unspecified atom stereocenters. The molecule has 6 aliphatic rings. The molecule has 1 aromatic carbocycles. The van der Waals surface area contributed by atoms with Crippen LogP contribution in [0, 0.1) is 17.8 Å². The Morgan fingerprint density at radius 2 is 2.00 bits per heavy atom. The maximum Gasteiger partial charge on any atom is 0.0629 e. The maximum absolute atomic E-state index is 3.69. The molecule has 1 fully saturated rings. The van der Waals surface area contributed by atoms with Crippen LogP contribution in [0.15, 0.2) is 111 Å². The average molecular weight is 515 g/mol. The van der Waals surface area contributed by atoms with Crippen molar-refractivity contribution in [1.29, 1.82) is 0 Å². The molecule has 33 heavy (non-hydrogen) atoms. The van der Waals surface area contributed by atoms with E-state index in [-0.39, 0.29) is 0 Å². The number of hydrogen-bond acceptors (Lipinski definition) is 2. The van der Waals surface area contributed by atoms with E-state index in [4.69, 9.17) is 0 Å². The number of anilines is 1. The Hall–Kier alpha value is -1.97. The fourth-order valence-corrected chi connectivity index (χ4v) is 8.98. The molecule has 2 heterocycles.